The molecule has 5 nitrogen and oxygen atoms in total. The predicted octanol–water partition coefficient (Wildman–Crippen LogP) is 0.390. The lowest BCUT2D eigenvalue weighted by atomic mass is 10.0. The minimum Gasteiger partial charge on any atom is -0.314 e. The van der Waals surface area contributed by atoms with Crippen molar-refractivity contribution in [3.05, 3.63) is 0 Å². The van der Waals surface area contributed by atoms with Crippen molar-refractivity contribution in [2.45, 2.75) is 39.2 Å². The van der Waals surface area contributed by atoms with Crippen molar-refractivity contribution in [3.8, 4) is 0 Å². The van der Waals surface area contributed by atoms with Crippen molar-refractivity contribution in [2.75, 3.05) is 38.5 Å². The summed E-state index contributed by atoms with van der Waals surface area (Å²) in [6.07, 6.45) is 1.84. The van der Waals surface area contributed by atoms with E-state index in [0.29, 0.717) is 6.54 Å². The molecule has 1 aliphatic heterocycles. The number of nitrogens with one attached hydrogen (secondary N) is 2. The van der Waals surface area contributed by atoms with E-state index in [0.717, 1.165) is 39.0 Å². The lowest BCUT2D eigenvalue weighted by Crippen LogP contribution is -2.48. The van der Waals surface area contributed by atoms with E-state index in [4.69, 9.17) is 0 Å². The summed E-state index contributed by atoms with van der Waals surface area (Å²) >= 11 is 0. The standard InChI is InChI=1S/C12H27N3O2S/c1-4-5-12(2,3)14-18(16,17)11-10-15-8-6-13-7-9-15/h13-14H,4-11H2,1-3H3. The molecule has 0 bridgehead atoms. The molecule has 6 heteroatoms. The van der Waals surface area contributed by atoms with Gasteiger partial charge in [-0.25, -0.2) is 13.1 Å². The van der Waals surface area contributed by atoms with Crippen LogP contribution in [0.4, 0.5) is 0 Å². The van der Waals surface area contributed by atoms with Crippen LogP contribution in [0, 0.1) is 0 Å². The third-order valence-corrected chi connectivity index (χ3v) is 4.78. The highest BCUT2D eigenvalue weighted by atomic mass is 32.2. The fraction of sp³-hybridized carbons (Fsp3) is 1.00. The van der Waals surface area contributed by atoms with E-state index in [-0.39, 0.29) is 11.3 Å². The maximum Gasteiger partial charge on any atom is 0.213 e. The molecule has 1 heterocycles. The molecule has 2 N–H and O–H groups in total. The zero-order valence-electron chi connectivity index (χ0n) is 11.8. The van der Waals surface area contributed by atoms with Crippen LogP contribution in [0.1, 0.15) is 33.6 Å². The zero-order valence-corrected chi connectivity index (χ0v) is 12.6. The first-order valence-electron chi connectivity index (χ1n) is 6.79. The summed E-state index contributed by atoms with van der Waals surface area (Å²) in [7, 11) is -3.17. The van der Waals surface area contributed by atoms with Gasteiger partial charge in [-0.2, -0.15) is 0 Å². The van der Waals surface area contributed by atoms with Gasteiger partial charge in [0.15, 0.2) is 0 Å². The maximum absolute atomic E-state index is 12.0. The van der Waals surface area contributed by atoms with Crippen LogP contribution < -0.4 is 10.0 Å². The number of rotatable bonds is 7. The normalized spacial score (nSPS) is 19.1. The van der Waals surface area contributed by atoms with Crippen LogP contribution in [0.2, 0.25) is 0 Å². The molecule has 1 fully saturated rings. The van der Waals surface area contributed by atoms with Gasteiger partial charge in [0.1, 0.15) is 0 Å². The second-order valence-electron chi connectivity index (χ2n) is 5.65. The molecule has 0 atom stereocenters. The largest absolute Gasteiger partial charge is 0.314 e. The topological polar surface area (TPSA) is 61.4 Å². The lowest BCUT2D eigenvalue weighted by molar-refractivity contribution is 0.253. The summed E-state index contributed by atoms with van der Waals surface area (Å²) < 4.78 is 26.8. The van der Waals surface area contributed by atoms with Crippen LogP contribution in [0.15, 0.2) is 0 Å². The average molecular weight is 277 g/mol. The third kappa shape index (κ3) is 6.13. The molecule has 18 heavy (non-hydrogen) atoms. The first-order valence-corrected chi connectivity index (χ1v) is 8.44. The van der Waals surface area contributed by atoms with Gasteiger partial charge in [-0.1, -0.05) is 13.3 Å². The highest BCUT2D eigenvalue weighted by Crippen LogP contribution is 2.12. The Hall–Kier alpha value is -0.170. The SMILES string of the molecule is CCCC(C)(C)NS(=O)(=O)CCN1CCNCC1. The Kier molecular flexibility index (Phi) is 6.04. The first kappa shape index (κ1) is 15.9. The second-order valence-corrected chi connectivity index (χ2v) is 7.49. The van der Waals surface area contributed by atoms with Crippen molar-refractivity contribution >= 4 is 10.0 Å². The third-order valence-electron chi connectivity index (χ3n) is 3.19. The smallest absolute Gasteiger partial charge is 0.213 e. The van der Waals surface area contributed by atoms with Gasteiger partial charge in [0.25, 0.3) is 0 Å². The molecule has 0 aromatic rings. The monoisotopic (exact) mass is 277 g/mol. The minimum atomic E-state index is -3.17. The van der Waals surface area contributed by atoms with Crippen molar-refractivity contribution in [3.63, 3.8) is 0 Å². The van der Waals surface area contributed by atoms with E-state index >= 15 is 0 Å². The molecule has 0 aliphatic carbocycles. The Labute approximate surface area is 111 Å². The molecular formula is C12H27N3O2S. The highest BCUT2D eigenvalue weighted by molar-refractivity contribution is 7.89. The molecule has 0 radical (unpaired) electrons. The Morgan fingerprint density at radius 1 is 1.28 bits per heavy atom. The van der Waals surface area contributed by atoms with E-state index in [1.54, 1.807) is 0 Å². The summed E-state index contributed by atoms with van der Waals surface area (Å²) in [6.45, 7) is 10.4. The number of sulfonamides is 1. The van der Waals surface area contributed by atoms with Crippen molar-refractivity contribution in [1.29, 1.82) is 0 Å². The van der Waals surface area contributed by atoms with E-state index in [1.165, 1.54) is 0 Å². The summed E-state index contributed by atoms with van der Waals surface area (Å²) in [5, 5.41) is 3.26. The first-order chi connectivity index (χ1) is 8.35. The quantitative estimate of drug-likeness (QED) is 0.707. The van der Waals surface area contributed by atoms with Crippen LogP contribution in [0.5, 0.6) is 0 Å². The average Bonchev–Trinajstić information content (AvgIpc) is 2.26. The molecule has 0 aromatic carbocycles. The van der Waals surface area contributed by atoms with Gasteiger partial charge >= 0.3 is 0 Å². The van der Waals surface area contributed by atoms with Gasteiger partial charge in [-0.05, 0) is 20.3 Å². The maximum atomic E-state index is 12.0. The van der Waals surface area contributed by atoms with Gasteiger partial charge < -0.3 is 5.32 Å². The van der Waals surface area contributed by atoms with Crippen LogP contribution in [0.25, 0.3) is 0 Å². The van der Waals surface area contributed by atoms with Crippen molar-refractivity contribution in [2.24, 2.45) is 0 Å². The van der Waals surface area contributed by atoms with Gasteiger partial charge in [0, 0.05) is 38.3 Å². The number of piperazine rings is 1. The lowest BCUT2D eigenvalue weighted by Gasteiger charge is -2.29. The highest BCUT2D eigenvalue weighted by Gasteiger charge is 2.24. The number of hydrogen-bond acceptors (Lipinski definition) is 4. The van der Waals surface area contributed by atoms with Crippen molar-refractivity contribution in [1.82, 2.24) is 14.9 Å². The molecule has 1 saturated heterocycles. The van der Waals surface area contributed by atoms with Crippen LogP contribution in [0.3, 0.4) is 0 Å². The molecule has 0 spiro atoms. The Morgan fingerprint density at radius 3 is 2.44 bits per heavy atom. The van der Waals surface area contributed by atoms with Crippen molar-refractivity contribution < 1.29 is 8.42 Å². The van der Waals surface area contributed by atoms with E-state index < -0.39 is 10.0 Å². The van der Waals surface area contributed by atoms with Crippen LogP contribution >= 0.6 is 0 Å². The Morgan fingerprint density at radius 2 is 1.89 bits per heavy atom. The van der Waals surface area contributed by atoms with E-state index in [2.05, 4.69) is 21.9 Å². The fourth-order valence-corrected chi connectivity index (χ4v) is 3.88. The van der Waals surface area contributed by atoms with E-state index in [1.807, 2.05) is 13.8 Å². The Bertz CT molecular complexity index is 335. The van der Waals surface area contributed by atoms with Gasteiger partial charge in [-0.15, -0.1) is 0 Å². The number of nitrogens with zero attached hydrogens (tertiary/aromatic N) is 1. The summed E-state index contributed by atoms with van der Waals surface area (Å²) in [5.41, 5.74) is -0.336. The van der Waals surface area contributed by atoms with E-state index in [9.17, 15) is 8.42 Å². The zero-order chi connectivity index (χ0) is 13.6. The Balaban J connectivity index is 2.39. The molecule has 0 aromatic heterocycles. The second kappa shape index (κ2) is 6.84. The minimum absolute atomic E-state index is 0.195. The van der Waals surface area contributed by atoms with Crippen LogP contribution in [-0.4, -0.2) is 57.3 Å². The molecule has 1 rings (SSSR count). The molecular weight excluding hydrogens is 250 g/mol. The predicted molar refractivity (Wildman–Crippen MR) is 75.2 cm³/mol. The van der Waals surface area contributed by atoms with Crippen LogP contribution in [-0.2, 0) is 10.0 Å². The van der Waals surface area contributed by atoms with Gasteiger partial charge in [0.05, 0.1) is 5.75 Å². The molecule has 0 unspecified atom stereocenters. The van der Waals surface area contributed by atoms with Gasteiger partial charge in [0.2, 0.25) is 10.0 Å². The number of hydrogen-bond donors (Lipinski definition) is 2. The summed E-state index contributed by atoms with van der Waals surface area (Å²) in [5.74, 6) is 0.195. The molecule has 108 valence electrons. The summed E-state index contributed by atoms with van der Waals surface area (Å²) in [6, 6.07) is 0. The van der Waals surface area contributed by atoms with Gasteiger partial charge in [-0.3, -0.25) is 4.90 Å². The fourth-order valence-electron chi connectivity index (χ4n) is 2.33. The molecule has 1 aliphatic rings. The summed E-state index contributed by atoms with van der Waals surface area (Å²) in [4.78, 5) is 2.20. The molecule has 0 amide bonds. The molecule has 0 saturated carbocycles.